The van der Waals surface area contributed by atoms with Crippen LogP contribution in [0.1, 0.15) is 17.5 Å². The van der Waals surface area contributed by atoms with Crippen molar-refractivity contribution in [1.82, 2.24) is 10.6 Å². The van der Waals surface area contributed by atoms with Gasteiger partial charge in [-0.1, -0.05) is 30.3 Å². The van der Waals surface area contributed by atoms with E-state index in [4.69, 9.17) is 0 Å². The Morgan fingerprint density at radius 1 is 1.17 bits per heavy atom. The average molecular weight is 415 g/mol. The fourth-order valence-corrected chi connectivity index (χ4v) is 4.72. The monoisotopic (exact) mass is 414 g/mol. The van der Waals surface area contributed by atoms with Gasteiger partial charge in [0.25, 0.3) is 0 Å². The van der Waals surface area contributed by atoms with Crippen LogP contribution in [-0.2, 0) is 16.4 Å². The fourth-order valence-electron chi connectivity index (χ4n) is 3.76. The summed E-state index contributed by atoms with van der Waals surface area (Å²) in [5, 5.41) is 6.73. The van der Waals surface area contributed by atoms with E-state index in [1.165, 1.54) is 11.9 Å². The van der Waals surface area contributed by atoms with Gasteiger partial charge in [0, 0.05) is 45.2 Å². The second-order valence-corrected chi connectivity index (χ2v) is 9.60. The second-order valence-electron chi connectivity index (χ2n) is 7.61. The quantitative estimate of drug-likeness (QED) is 0.561. The zero-order chi connectivity index (χ0) is 20.9. The largest absolute Gasteiger partial charge is 0.371 e. The molecule has 2 aromatic rings. The molecule has 156 valence electrons. The topological polar surface area (TPSA) is 73.8 Å². The lowest BCUT2D eigenvalue weighted by atomic mass is 10.1. The van der Waals surface area contributed by atoms with E-state index in [1.54, 1.807) is 13.1 Å². The lowest BCUT2D eigenvalue weighted by Crippen LogP contribution is -2.40. The van der Waals surface area contributed by atoms with E-state index < -0.39 is 9.84 Å². The van der Waals surface area contributed by atoms with E-state index in [2.05, 4.69) is 44.8 Å². The van der Waals surface area contributed by atoms with Crippen LogP contribution in [0.25, 0.3) is 0 Å². The number of sulfone groups is 1. The highest BCUT2D eigenvalue weighted by Gasteiger charge is 2.22. The number of nitrogens with one attached hydrogen (secondary N) is 2. The molecule has 0 spiro atoms. The summed E-state index contributed by atoms with van der Waals surface area (Å²) >= 11 is 0. The SMILES string of the molecule is CN=C(NCc1ccc(S(C)(=O)=O)c(C)c1)NCC1CCN(c2ccccc2)C1. The number of anilines is 1. The van der Waals surface area contributed by atoms with E-state index in [0.29, 0.717) is 17.4 Å². The Labute approximate surface area is 174 Å². The lowest BCUT2D eigenvalue weighted by Gasteiger charge is -2.19. The first-order valence-electron chi connectivity index (χ1n) is 9.91. The summed E-state index contributed by atoms with van der Waals surface area (Å²) in [5.41, 5.74) is 3.07. The summed E-state index contributed by atoms with van der Waals surface area (Å²) in [6.45, 7) is 5.40. The Balaban J connectivity index is 1.49. The van der Waals surface area contributed by atoms with Crippen molar-refractivity contribution in [1.29, 1.82) is 0 Å². The molecule has 1 atom stereocenters. The molecule has 0 amide bonds. The van der Waals surface area contributed by atoms with Gasteiger partial charge in [0.2, 0.25) is 0 Å². The van der Waals surface area contributed by atoms with Crippen molar-refractivity contribution in [2.24, 2.45) is 10.9 Å². The Morgan fingerprint density at radius 3 is 2.59 bits per heavy atom. The third-order valence-corrected chi connectivity index (χ3v) is 6.54. The number of nitrogens with zero attached hydrogens (tertiary/aromatic N) is 2. The molecule has 7 heteroatoms. The van der Waals surface area contributed by atoms with Crippen LogP contribution in [-0.4, -0.2) is 47.3 Å². The zero-order valence-corrected chi connectivity index (χ0v) is 18.2. The minimum Gasteiger partial charge on any atom is -0.371 e. The molecule has 0 aliphatic carbocycles. The molecular formula is C22H30N4O2S. The van der Waals surface area contributed by atoms with Crippen LogP contribution in [0.3, 0.4) is 0 Å². The molecule has 1 saturated heterocycles. The summed E-state index contributed by atoms with van der Waals surface area (Å²) < 4.78 is 23.5. The number of aliphatic imine (C=N–C) groups is 1. The summed E-state index contributed by atoms with van der Waals surface area (Å²) in [6.07, 6.45) is 2.39. The number of guanidine groups is 1. The maximum absolute atomic E-state index is 11.8. The smallest absolute Gasteiger partial charge is 0.191 e. The highest BCUT2D eigenvalue weighted by atomic mass is 32.2. The van der Waals surface area contributed by atoms with Crippen LogP contribution < -0.4 is 15.5 Å². The van der Waals surface area contributed by atoms with Gasteiger partial charge in [0.15, 0.2) is 15.8 Å². The van der Waals surface area contributed by atoms with Crippen molar-refractivity contribution in [3.8, 4) is 0 Å². The molecular weight excluding hydrogens is 384 g/mol. The van der Waals surface area contributed by atoms with Crippen LogP contribution in [0.15, 0.2) is 58.4 Å². The molecule has 1 aliphatic heterocycles. The first kappa shape index (κ1) is 21.2. The van der Waals surface area contributed by atoms with Crippen molar-refractivity contribution in [2.45, 2.75) is 24.8 Å². The standard InChI is InChI=1S/C22H30N4O2S/c1-17-13-18(9-10-21(17)29(3,27)28)14-24-22(23-2)25-15-19-11-12-26(16-19)20-7-5-4-6-8-20/h4-10,13,19H,11-12,14-16H2,1-3H3,(H2,23,24,25). The highest BCUT2D eigenvalue weighted by Crippen LogP contribution is 2.23. The van der Waals surface area contributed by atoms with E-state index in [9.17, 15) is 8.42 Å². The maximum atomic E-state index is 11.8. The van der Waals surface area contributed by atoms with E-state index in [-0.39, 0.29) is 0 Å². The summed E-state index contributed by atoms with van der Waals surface area (Å²) in [5.74, 6) is 1.33. The Hall–Kier alpha value is -2.54. The molecule has 6 nitrogen and oxygen atoms in total. The first-order valence-corrected chi connectivity index (χ1v) is 11.8. The second kappa shape index (κ2) is 9.31. The van der Waals surface area contributed by atoms with Crippen LogP contribution >= 0.6 is 0 Å². The molecule has 1 unspecified atom stereocenters. The maximum Gasteiger partial charge on any atom is 0.191 e. The molecule has 29 heavy (non-hydrogen) atoms. The minimum absolute atomic E-state index is 0.382. The molecule has 0 aromatic heterocycles. The molecule has 0 bridgehead atoms. The summed E-state index contributed by atoms with van der Waals surface area (Å²) in [4.78, 5) is 7.11. The van der Waals surface area contributed by atoms with E-state index in [1.807, 2.05) is 25.1 Å². The van der Waals surface area contributed by atoms with Crippen molar-refractivity contribution in [2.75, 3.05) is 37.8 Å². The highest BCUT2D eigenvalue weighted by molar-refractivity contribution is 7.90. The number of rotatable bonds is 6. The van der Waals surface area contributed by atoms with Gasteiger partial charge in [0.1, 0.15) is 0 Å². The zero-order valence-electron chi connectivity index (χ0n) is 17.4. The van der Waals surface area contributed by atoms with E-state index in [0.717, 1.165) is 43.1 Å². The molecule has 2 aromatic carbocycles. The van der Waals surface area contributed by atoms with Gasteiger partial charge in [-0.3, -0.25) is 4.99 Å². The molecule has 3 rings (SSSR count). The van der Waals surface area contributed by atoms with Gasteiger partial charge in [0.05, 0.1) is 4.90 Å². The van der Waals surface area contributed by atoms with Gasteiger partial charge in [-0.25, -0.2) is 8.42 Å². The van der Waals surface area contributed by atoms with Gasteiger partial charge >= 0.3 is 0 Å². The third kappa shape index (κ3) is 5.73. The number of benzene rings is 2. The Morgan fingerprint density at radius 2 is 1.93 bits per heavy atom. The normalized spacial score (nSPS) is 17.4. The predicted octanol–water partition coefficient (Wildman–Crippen LogP) is 2.59. The molecule has 0 radical (unpaired) electrons. The number of aryl methyl sites for hydroxylation is 1. The van der Waals surface area contributed by atoms with Crippen LogP contribution in [0.2, 0.25) is 0 Å². The van der Waals surface area contributed by atoms with Crippen molar-refractivity contribution in [3.05, 3.63) is 59.7 Å². The molecule has 1 aliphatic rings. The molecule has 1 fully saturated rings. The predicted molar refractivity (Wildman–Crippen MR) is 119 cm³/mol. The minimum atomic E-state index is -3.19. The number of hydrogen-bond acceptors (Lipinski definition) is 4. The molecule has 2 N–H and O–H groups in total. The van der Waals surface area contributed by atoms with Crippen LogP contribution in [0.4, 0.5) is 5.69 Å². The Kier molecular flexibility index (Phi) is 6.79. The lowest BCUT2D eigenvalue weighted by molar-refractivity contribution is 0.565. The van der Waals surface area contributed by atoms with Crippen LogP contribution in [0.5, 0.6) is 0 Å². The number of para-hydroxylation sites is 1. The molecule has 1 heterocycles. The van der Waals surface area contributed by atoms with Gasteiger partial charge in [-0.2, -0.15) is 0 Å². The molecule has 0 saturated carbocycles. The third-order valence-electron chi connectivity index (χ3n) is 5.29. The van der Waals surface area contributed by atoms with E-state index >= 15 is 0 Å². The summed E-state index contributed by atoms with van der Waals surface area (Å²) in [7, 11) is -1.43. The summed E-state index contributed by atoms with van der Waals surface area (Å²) in [6, 6.07) is 16.0. The number of hydrogen-bond donors (Lipinski definition) is 2. The van der Waals surface area contributed by atoms with Crippen molar-refractivity contribution >= 4 is 21.5 Å². The van der Waals surface area contributed by atoms with Crippen molar-refractivity contribution < 1.29 is 8.42 Å². The van der Waals surface area contributed by atoms with Gasteiger partial charge in [-0.15, -0.1) is 0 Å². The van der Waals surface area contributed by atoms with Gasteiger partial charge < -0.3 is 15.5 Å². The average Bonchev–Trinajstić information content (AvgIpc) is 3.17. The van der Waals surface area contributed by atoms with Crippen molar-refractivity contribution in [3.63, 3.8) is 0 Å². The van der Waals surface area contributed by atoms with Gasteiger partial charge in [-0.05, 0) is 48.6 Å². The first-order chi connectivity index (χ1) is 13.9. The van der Waals surface area contributed by atoms with Crippen LogP contribution in [0, 0.1) is 12.8 Å². The fraction of sp³-hybridized carbons (Fsp3) is 0.409. The Bertz CT molecular complexity index is 958.